The third-order valence-electron chi connectivity index (χ3n) is 4.77. The molecule has 29 heavy (non-hydrogen) atoms. The van der Waals surface area contributed by atoms with E-state index in [0.717, 1.165) is 32.7 Å². The van der Waals surface area contributed by atoms with Crippen LogP contribution in [0.1, 0.15) is 5.56 Å². The molecular weight excluding hydrogens is 370 g/mol. The third-order valence-corrected chi connectivity index (χ3v) is 4.77. The largest absolute Gasteiger partial charge is 0.493 e. The highest BCUT2D eigenvalue weighted by molar-refractivity contribution is 6.16. The van der Waals surface area contributed by atoms with Crippen LogP contribution in [-0.4, -0.2) is 50.6 Å². The summed E-state index contributed by atoms with van der Waals surface area (Å²) in [4.78, 5) is 8.03. The number of benzene rings is 2. The minimum absolute atomic E-state index is 0.400. The van der Waals surface area contributed by atoms with Gasteiger partial charge in [-0.1, -0.05) is 6.07 Å². The van der Waals surface area contributed by atoms with E-state index in [1.54, 1.807) is 14.2 Å². The van der Waals surface area contributed by atoms with Crippen molar-refractivity contribution in [2.24, 2.45) is 0 Å². The summed E-state index contributed by atoms with van der Waals surface area (Å²) >= 11 is 0. The van der Waals surface area contributed by atoms with E-state index in [1.807, 2.05) is 36.5 Å². The van der Waals surface area contributed by atoms with Gasteiger partial charge in [0.2, 0.25) is 0 Å². The first-order valence-electron chi connectivity index (χ1n) is 9.27. The van der Waals surface area contributed by atoms with Crippen molar-refractivity contribution in [3.05, 3.63) is 42.1 Å². The Morgan fingerprint density at radius 3 is 2.62 bits per heavy atom. The van der Waals surface area contributed by atoms with E-state index in [2.05, 4.69) is 16.0 Å². The average Bonchev–Trinajstić information content (AvgIpc) is 3.13. The van der Waals surface area contributed by atoms with Gasteiger partial charge in [0.1, 0.15) is 6.61 Å². The Labute approximate surface area is 167 Å². The molecule has 4 rings (SSSR count). The Morgan fingerprint density at radius 1 is 0.966 bits per heavy atom. The van der Waals surface area contributed by atoms with Gasteiger partial charge in [-0.2, -0.15) is 5.26 Å². The Morgan fingerprint density at radius 2 is 1.83 bits per heavy atom. The number of aromatic nitrogens is 2. The van der Waals surface area contributed by atoms with E-state index in [9.17, 15) is 0 Å². The molecular formula is C22H21N3O4. The highest BCUT2D eigenvalue weighted by atomic mass is 16.5. The van der Waals surface area contributed by atoms with Crippen LogP contribution in [0, 0.1) is 11.3 Å². The highest BCUT2D eigenvalue weighted by Gasteiger charge is 2.13. The predicted octanol–water partition coefficient (Wildman–Crippen LogP) is 3.79. The van der Waals surface area contributed by atoms with Crippen molar-refractivity contribution in [3.8, 4) is 17.6 Å². The van der Waals surface area contributed by atoms with Crippen molar-refractivity contribution in [2.75, 3.05) is 40.6 Å². The minimum Gasteiger partial charge on any atom is -0.493 e. The van der Waals surface area contributed by atoms with Crippen molar-refractivity contribution < 1.29 is 18.9 Å². The summed E-state index contributed by atoms with van der Waals surface area (Å²) in [5, 5.41) is 12.1. The second kappa shape index (κ2) is 8.35. The Hall–Kier alpha value is -3.34. The summed E-state index contributed by atoms with van der Waals surface area (Å²) < 4.78 is 21.8. The third kappa shape index (κ3) is 3.68. The lowest BCUT2D eigenvalue weighted by molar-refractivity contribution is 0.0540. The molecule has 148 valence electrons. The number of nitriles is 1. The van der Waals surface area contributed by atoms with Crippen LogP contribution in [0.25, 0.3) is 32.7 Å². The monoisotopic (exact) mass is 391 g/mol. The topological polar surface area (TPSA) is 89.4 Å². The fraction of sp³-hybridized carbons (Fsp3) is 0.273. The molecule has 0 saturated heterocycles. The molecule has 7 nitrogen and oxygen atoms in total. The molecule has 0 amide bonds. The van der Waals surface area contributed by atoms with Crippen LogP contribution in [0.2, 0.25) is 0 Å². The molecule has 0 unspecified atom stereocenters. The number of methoxy groups -OCH3 is 2. The van der Waals surface area contributed by atoms with Gasteiger partial charge in [0.05, 0.1) is 49.6 Å². The quantitative estimate of drug-likeness (QED) is 0.460. The molecule has 2 aromatic heterocycles. The molecule has 0 bridgehead atoms. The summed E-state index contributed by atoms with van der Waals surface area (Å²) in [6.45, 7) is 1.94. The van der Waals surface area contributed by atoms with Crippen molar-refractivity contribution >= 4 is 32.7 Å². The van der Waals surface area contributed by atoms with Gasteiger partial charge in [-0.05, 0) is 18.2 Å². The van der Waals surface area contributed by atoms with E-state index in [4.69, 9.17) is 24.2 Å². The first-order valence-corrected chi connectivity index (χ1v) is 9.27. The Kier molecular flexibility index (Phi) is 5.47. The lowest BCUT2D eigenvalue weighted by Crippen LogP contribution is -2.10. The Balaban J connectivity index is 1.69. The number of H-pyrrole nitrogens is 1. The van der Waals surface area contributed by atoms with E-state index < -0.39 is 0 Å². The van der Waals surface area contributed by atoms with E-state index in [-0.39, 0.29) is 0 Å². The van der Waals surface area contributed by atoms with Crippen LogP contribution < -0.4 is 9.47 Å². The predicted molar refractivity (Wildman–Crippen MR) is 111 cm³/mol. The zero-order valence-electron chi connectivity index (χ0n) is 16.3. The fourth-order valence-electron chi connectivity index (χ4n) is 3.35. The Bertz CT molecular complexity index is 1210. The van der Waals surface area contributed by atoms with Crippen molar-refractivity contribution in [2.45, 2.75) is 0 Å². The molecule has 1 N–H and O–H groups in total. The SMILES string of the molecule is COCCOCCOc1cc2ncc3c4ccc(C#N)cc4[nH]c3c2cc1OC. The van der Waals surface area contributed by atoms with Crippen molar-refractivity contribution in [3.63, 3.8) is 0 Å². The van der Waals surface area contributed by atoms with Crippen molar-refractivity contribution in [1.82, 2.24) is 9.97 Å². The van der Waals surface area contributed by atoms with Gasteiger partial charge < -0.3 is 23.9 Å². The summed E-state index contributed by atoms with van der Waals surface area (Å²) in [6.07, 6.45) is 1.84. The van der Waals surface area contributed by atoms with Gasteiger partial charge in [-0.15, -0.1) is 0 Å². The molecule has 0 aliphatic rings. The van der Waals surface area contributed by atoms with Gasteiger partial charge in [-0.25, -0.2) is 0 Å². The van der Waals surface area contributed by atoms with Gasteiger partial charge in [0.25, 0.3) is 0 Å². The molecule has 0 aliphatic heterocycles. The number of ether oxygens (including phenoxy) is 4. The number of aromatic amines is 1. The number of hydrogen-bond acceptors (Lipinski definition) is 6. The van der Waals surface area contributed by atoms with E-state index in [1.165, 1.54) is 0 Å². The van der Waals surface area contributed by atoms with Crippen LogP contribution in [-0.2, 0) is 9.47 Å². The first kappa shape index (κ1) is 19.0. The highest BCUT2D eigenvalue weighted by Crippen LogP contribution is 2.36. The maximum Gasteiger partial charge on any atom is 0.163 e. The lowest BCUT2D eigenvalue weighted by Gasteiger charge is -2.12. The molecule has 2 aromatic carbocycles. The maximum atomic E-state index is 9.15. The fourth-order valence-corrected chi connectivity index (χ4v) is 3.35. The summed E-state index contributed by atoms with van der Waals surface area (Å²) in [5.74, 6) is 1.24. The first-order chi connectivity index (χ1) is 14.2. The van der Waals surface area contributed by atoms with Gasteiger partial charge >= 0.3 is 0 Å². The van der Waals surface area contributed by atoms with E-state index in [0.29, 0.717) is 43.5 Å². The summed E-state index contributed by atoms with van der Waals surface area (Å²) in [7, 11) is 3.25. The van der Waals surface area contributed by atoms with Crippen LogP contribution in [0.4, 0.5) is 0 Å². The van der Waals surface area contributed by atoms with Gasteiger partial charge in [0.15, 0.2) is 11.5 Å². The number of fused-ring (bicyclic) bond motifs is 5. The van der Waals surface area contributed by atoms with Crippen LogP contribution in [0.3, 0.4) is 0 Å². The van der Waals surface area contributed by atoms with E-state index >= 15 is 0 Å². The van der Waals surface area contributed by atoms with Gasteiger partial charge in [-0.3, -0.25) is 4.98 Å². The zero-order chi connectivity index (χ0) is 20.2. The lowest BCUT2D eigenvalue weighted by atomic mass is 10.1. The standard InChI is InChI=1S/C22H21N3O4/c1-26-5-6-28-7-8-29-21-11-18-16(10-20(21)27-2)22-17(13-24-18)15-4-3-14(12-23)9-19(15)25-22/h3-4,9-11,13,25H,5-8H2,1-2H3. The zero-order valence-corrected chi connectivity index (χ0v) is 16.3. The maximum absolute atomic E-state index is 9.15. The molecule has 7 heteroatoms. The minimum atomic E-state index is 0.400. The van der Waals surface area contributed by atoms with Crippen LogP contribution in [0.5, 0.6) is 11.5 Å². The summed E-state index contributed by atoms with van der Waals surface area (Å²) in [5.41, 5.74) is 3.26. The molecule has 0 fully saturated rings. The van der Waals surface area contributed by atoms with Crippen molar-refractivity contribution in [1.29, 1.82) is 5.26 Å². The second-order valence-electron chi connectivity index (χ2n) is 6.52. The number of nitrogens with one attached hydrogen (secondary N) is 1. The number of rotatable bonds is 8. The smallest absolute Gasteiger partial charge is 0.163 e. The number of nitrogens with zero attached hydrogens (tertiary/aromatic N) is 2. The molecule has 0 radical (unpaired) electrons. The molecule has 0 saturated carbocycles. The summed E-state index contributed by atoms with van der Waals surface area (Å²) in [6, 6.07) is 11.6. The molecule has 0 aliphatic carbocycles. The normalized spacial score (nSPS) is 11.2. The van der Waals surface area contributed by atoms with Crippen LogP contribution in [0.15, 0.2) is 36.5 Å². The second-order valence-corrected chi connectivity index (χ2v) is 6.52. The molecule has 0 atom stereocenters. The molecule has 4 aromatic rings. The number of hydrogen-bond donors (Lipinski definition) is 1. The van der Waals surface area contributed by atoms with Crippen LogP contribution >= 0.6 is 0 Å². The average molecular weight is 391 g/mol. The molecule has 2 heterocycles. The number of pyridine rings is 1. The van der Waals surface area contributed by atoms with Gasteiger partial charge in [0, 0.05) is 41.0 Å². The molecule has 0 spiro atoms.